The first kappa shape index (κ1) is 37.1. The van der Waals surface area contributed by atoms with Gasteiger partial charge in [0, 0.05) is 60.5 Å². The molecule has 1 aliphatic heterocycles. The highest BCUT2D eigenvalue weighted by molar-refractivity contribution is 7.84. The Kier molecular flexibility index (Phi) is 13.9. The van der Waals surface area contributed by atoms with E-state index in [9.17, 15) is 9.00 Å². The molecule has 8 nitrogen and oxygen atoms in total. The number of carbonyl (C=O) groups is 1. The molecule has 1 N–H and O–H groups in total. The molecule has 1 aromatic heterocycles. The van der Waals surface area contributed by atoms with Gasteiger partial charge in [-0.05, 0) is 96.5 Å². The van der Waals surface area contributed by atoms with Crippen LogP contribution in [0.25, 0.3) is 17.2 Å². The minimum absolute atomic E-state index is 0.125. The smallest absolute Gasteiger partial charge is 0.251 e. The van der Waals surface area contributed by atoms with Crippen molar-refractivity contribution in [1.29, 1.82) is 0 Å². The van der Waals surface area contributed by atoms with Crippen LogP contribution in [0.15, 0.2) is 89.6 Å². The van der Waals surface area contributed by atoms with Gasteiger partial charge in [0.05, 0.1) is 23.2 Å². The van der Waals surface area contributed by atoms with Gasteiger partial charge >= 0.3 is 0 Å². The number of unbranched alkanes of at least 4 members (excludes halogenated alkanes) is 2. The molecule has 0 radical (unpaired) electrons. The van der Waals surface area contributed by atoms with Gasteiger partial charge < -0.3 is 24.3 Å². The maximum absolute atomic E-state index is 13.7. The Morgan fingerprint density at radius 1 is 0.940 bits per heavy atom. The zero-order chi connectivity index (χ0) is 35.3. The van der Waals surface area contributed by atoms with E-state index in [0.717, 1.165) is 91.4 Å². The Labute approximate surface area is 300 Å². The predicted octanol–water partition coefficient (Wildman–Crippen LogP) is 8.74. The summed E-state index contributed by atoms with van der Waals surface area (Å²) in [5.41, 5.74) is 5.73. The van der Waals surface area contributed by atoms with Crippen molar-refractivity contribution in [2.45, 2.75) is 77.0 Å². The minimum atomic E-state index is -1.24. The van der Waals surface area contributed by atoms with Gasteiger partial charge in [-0.2, -0.15) is 0 Å². The Balaban J connectivity index is 1.27. The fourth-order valence-corrected chi connectivity index (χ4v) is 7.09. The highest BCUT2D eigenvalue weighted by atomic mass is 32.2. The normalized spacial score (nSPS) is 13.5. The van der Waals surface area contributed by atoms with Gasteiger partial charge in [0.25, 0.3) is 5.91 Å². The maximum Gasteiger partial charge on any atom is 0.251 e. The number of aryl methyl sites for hydroxylation is 1. The quantitative estimate of drug-likeness (QED) is 0.105. The van der Waals surface area contributed by atoms with Crippen LogP contribution >= 0.6 is 0 Å². The van der Waals surface area contributed by atoms with Gasteiger partial charge in [-0.1, -0.05) is 58.7 Å². The van der Waals surface area contributed by atoms with E-state index in [1.807, 2.05) is 48.7 Å². The average molecular weight is 697 g/mol. The lowest BCUT2D eigenvalue weighted by Crippen LogP contribution is -2.29. The molecule has 0 spiro atoms. The van der Waals surface area contributed by atoms with Crippen LogP contribution in [-0.4, -0.2) is 52.6 Å². The Hall–Kier alpha value is -4.21. The first-order valence-electron chi connectivity index (χ1n) is 18.0. The molecule has 3 aromatic carbocycles. The number of amides is 1. The van der Waals surface area contributed by atoms with E-state index in [-0.39, 0.29) is 5.91 Å². The number of aromatic nitrogens is 2. The second-order valence-corrected chi connectivity index (χ2v) is 14.7. The fraction of sp³-hybridized carbons (Fsp3) is 0.415. The lowest BCUT2D eigenvalue weighted by molar-refractivity contribution is -0.112. The highest BCUT2D eigenvalue weighted by Crippen LogP contribution is 2.34. The number of hydrogen-bond acceptors (Lipinski definition) is 6. The number of hydrogen-bond donors (Lipinski definition) is 1. The first-order chi connectivity index (χ1) is 24.3. The summed E-state index contributed by atoms with van der Waals surface area (Å²) in [5.74, 6) is 2.35. The van der Waals surface area contributed by atoms with Crippen molar-refractivity contribution >= 4 is 34.2 Å². The van der Waals surface area contributed by atoms with Crippen LogP contribution in [0.2, 0.25) is 0 Å². The summed E-state index contributed by atoms with van der Waals surface area (Å²) in [6.07, 6.45) is 10.7. The zero-order valence-electron chi connectivity index (χ0n) is 30.0. The molecule has 1 unspecified atom stereocenters. The number of imidazole rings is 1. The van der Waals surface area contributed by atoms with E-state index in [0.29, 0.717) is 41.9 Å². The largest absolute Gasteiger partial charge is 0.491 e. The summed E-state index contributed by atoms with van der Waals surface area (Å²) >= 11 is 0. The van der Waals surface area contributed by atoms with Gasteiger partial charge in [-0.3, -0.25) is 9.00 Å². The van der Waals surface area contributed by atoms with Gasteiger partial charge in [0.15, 0.2) is 0 Å². The van der Waals surface area contributed by atoms with Crippen molar-refractivity contribution in [2.24, 2.45) is 5.92 Å². The van der Waals surface area contributed by atoms with Crippen molar-refractivity contribution in [3.8, 4) is 16.9 Å². The molecule has 0 aliphatic carbocycles. The third-order valence-electron chi connectivity index (χ3n) is 8.74. The number of anilines is 2. The second-order valence-electron chi connectivity index (χ2n) is 13.2. The van der Waals surface area contributed by atoms with E-state index in [4.69, 9.17) is 9.47 Å². The van der Waals surface area contributed by atoms with E-state index in [1.54, 1.807) is 6.20 Å². The molecule has 9 heteroatoms. The summed E-state index contributed by atoms with van der Waals surface area (Å²) in [6.45, 7) is 13.2. The monoisotopic (exact) mass is 696 g/mol. The molecule has 1 atom stereocenters. The van der Waals surface area contributed by atoms with Crippen LogP contribution < -0.4 is 15.0 Å². The standard InChI is InChI=1S/C41H52N4O4S/c1-5-7-21-44-23-20-42-40(44)30-50(47)38-16-12-36(13-17-38)43-41(46)34-19-22-45(29-31(3)4)39-18-11-33(27-35(39)28-34)32-9-14-37(15-10-32)49-26-25-48-24-8-6-2/h9-18,20,23,27-28,31H,5-8,19,21-22,24-26,29-30H2,1-4H3,(H,43,46). The number of ether oxygens (including phenoxy) is 2. The molecule has 1 amide bonds. The van der Waals surface area contributed by atoms with Crippen molar-refractivity contribution in [3.05, 3.63) is 96.1 Å². The van der Waals surface area contributed by atoms with Crippen LogP contribution in [0.4, 0.5) is 11.4 Å². The molecule has 0 bridgehead atoms. The Morgan fingerprint density at radius 3 is 2.44 bits per heavy atom. The van der Waals surface area contributed by atoms with Crippen LogP contribution in [0.5, 0.6) is 5.75 Å². The van der Waals surface area contributed by atoms with Crippen molar-refractivity contribution < 1.29 is 18.5 Å². The van der Waals surface area contributed by atoms with Gasteiger partial charge in [-0.15, -0.1) is 0 Å². The molecule has 266 valence electrons. The summed E-state index contributed by atoms with van der Waals surface area (Å²) in [5, 5.41) is 3.09. The lowest BCUT2D eigenvalue weighted by atomic mass is 10.00. The number of rotatable bonds is 18. The SMILES string of the molecule is CCCCOCCOc1ccc(-c2ccc3c(c2)C=C(C(=O)Nc2ccc(S(=O)Cc4nccn4CCCC)cc2)CCN3CC(C)C)cc1. The summed E-state index contributed by atoms with van der Waals surface area (Å²) in [7, 11) is -1.24. The lowest BCUT2D eigenvalue weighted by Gasteiger charge is -2.27. The zero-order valence-corrected chi connectivity index (χ0v) is 30.8. The van der Waals surface area contributed by atoms with Crippen molar-refractivity contribution in [2.75, 3.05) is 43.1 Å². The minimum Gasteiger partial charge on any atom is -0.491 e. The molecule has 50 heavy (non-hydrogen) atoms. The third-order valence-corrected chi connectivity index (χ3v) is 10.1. The summed E-state index contributed by atoms with van der Waals surface area (Å²) in [4.78, 5) is 21.2. The fourth-order valence-electron chi connectivity index (χ4n) is 6.01. The topological polar surface area (TPSA) is 85.7 Å². The highest BCUT2D eigenvalue weighted by Gasteiger charge is 2.21. The summed E-state index contributed by atoms with van der Waals surface area (Å²) < 4.78 is 26.7. The average Bonchev–Trinajstić information content (AvgIpc) is 3.48. The number of nitrogens with one attached hydrogen (secondary N) is 1. The summed E-state index contributed by atoms with van der Waals surface area (Å²) in [6, 6.07) is 22.0. The van der Waals surface area contributed by atoms with Crippen LogP contribution in [0, 0.1) is 5.92 Å². The van der Waals surface area contributed by atoms with Gasteiger partial charge in [0.2, 0.25) is 0 Å². The number of benzene rings is 3. The van der Waals surface area contributed by atoms with Crippen molar-refractivity contribution in [3.63, 3.8) is 0 Å². The molecule has 0 saturated heterocycles. The van der Waals surface area contributed by atoms with E-state index in [1.165, 1.54) is 0 Å². The Bertz CT molecular complexity index is 1730. The number of nitrogens with zero attached hydrogens (tertiary/aromatic N) is 3. The third kappa shape index (κ3) is 10.4. The van der Waals surface area contributed by atoms with Gasteiger partial charge in [-0.25, -0.2) is 4.98 Å². The van der Waals surface area contributed by atoms with Gasteiger partial charge in [0.1, 0.15) is 18.2 Å². The first-order valence-corrected chi connectivity index (χ1v) is 19.4. The molecular weight excluding hydrogens is 645 g/mol. The van der Waals surface area contributed by atoms with E-state index >= 15 is 0 Å². The van der Waals surface area contributed by atoms with Crippen molar-refractivity contribution in [1.82, 2.24) is 9.55 Å². The van der Waals surface area contributed by atoms with Crippen LogP contribution in [-0.2, 0) is 32.6 Å². The predicted molar refractivity (Wildman–Crippen MR) is 205 cm³/mol. The van der Waals surface area contributed by atoms with E-state index in [2.05, 4.69) is 77.8 Å². The molecule has 0 fully saturated rings. The molecule has 1 aliphatic rings. The molecule has 5 rings (SSSR count). The number of fused-ring (bicyclic) bond motifs is 1. The molecular formula is C41H52N4O4S. The second kappa shape index (κ2) is 18.7. The van der Waals surface area contributed by atoms with Crippen LogP contribution in [0.1, 0.15) is 71.2 Å². The number of carbonyl (C=O) groups excluding carboxylic acids is 1. The Morgan fingerprint density at radius 2 is 1.70 bits per heavy atom. The molecule has 2 heterocycles. The molecule has 0 saturated carbocycles. The van der Waals surface area contributed by atoms with E-state index < -0.39 is 10.8 Å². The molecule has 4 aromatic rings. The maximum atomic E-state index is 13.7. The van der Waals surface area contributed by atoms with Crippen LogP contribution in [0.3, 0.4) is 0 Å².